The maximum Gasteiger partial charge on any atom is 0.266 e. The zero-order valence-corrected chi connectivity index (χ0v) is 14.9. The third kappa shape index (κ3) is 3.78. The molecule has 0 saturated heterocycles. The average molecular weight is 373 g/mol. The summed E-state index contributed by atoms with van der Waals surface area (Å²) in [5, 5.41) is 0.320. The third-order valence-electron chi connectivity index (χ3n) is 3.76. The summed E-state index contributed by atoms with van der Waals surface area (Å²) in [6.45, 7) is 0.194. The van der Waals surface area contributed by atoms with Gasteiger partial charge in [-0.15, -0.1) is 0 Å². The zero-order valence-electron chi connectivity index (χ0n) is 13.3. The van der Waals surface area contributed by atoms with Crippen LogP contribution in [0.1, 0.15) is 5.56 Å². The summed E-state index contributed by atoms with van der Waals surface area (Å²) in [7, 11) is -3.88. The van der Waals surface area contributed by atoms with E-state index in [0.29, 0.717) is 10.7 Å². The first-order valence-electron chi connectivity index (χ1n) is 7.65. The highest BCUT2D eigenvalue weighted by atomic mass is 35.5. The molecule has 0 amide bonds. The highest BCUT2D eigenvalue weighted by molar-refractivity contribution is 7.93. The Kier molecular flexibility index (Phi) is 4.97. The van der Waals surface area contributed by atoms with Crippen LogP contribution in [0.5, 0.6) is 0 Å². The topological polar surface area (TPSA) is 63.4 Å². The Labute approximate surface area is 152 Å². The van der Waals surface area contributed by atoms with E-state index in [4.69, 9.17) is 17.3 Å². The van der Waals surface area contributed by atoms with Crippen LogP contribution in [0, 0.1) is 0 Å². The molecule has 0 aromatic heterocycles. The fourth-order valence-corrected chi connectivity index (χ4v) is 4.34. The molecule has 0 fully saturated rings. The Hall–Kier alpha value is -2.50. The molecule has 6 heteroatoms. The molecule has 3 aromatic carbocycles. The van der Waals surface area contributed by atoms with Gasteiger partial charge in [0.1, 0.15) is 4.90 Å². The minimum Gasteiger partial charge on any atom is -0.398 e. The number of nitrogens with zero attached hydrogens (tertiary/aromatic N) is 1. The lowest BCUT2D eigenvalue weighted by atomic mass is 10.2. The zero-order chi connectivity index (χ0) is 17.9. The third-order valence-corrected chi connectivity index (χ3v) is 5.82. The summed E-state index contributed by atoms with van der Waals surface area (Å²) in [6.07, 6.45) is 0. The van der Waals surface area contributed by atoms with Crippen molar-refractivity contribution in [3.05, 3.63) is 89.4 Å². The second-order valence-electron chi connectivity index (χ2n) is 5.51. The van der Waals surface area contributed by atoms with E-state index in [1.807, 2.05) is 36.4 Å². The summed E-state index contributed by atoms with van der Waals surface area (Å²) in [6, 6.07) is 22.8. The molecule has 2 N–H and O–H groups in total. The van der Waals surface area contributed by atoms with Gasteiger partial charge in [-0.25, -0.2) is 8.42 Å². The predicted molar refractivity (Wildman–Crippen MR) is 102 cm³/mol. The molecule has 0 heterocycles. The van der Waals surface area contributed by atoms with Gasteiger partial charge in [0.2, 0.25) is 0 Å². The summed E-state index contributed by atoms with van der Waals surface area (Å²) in [5.41, 5.74) is 7.52. The SMILES string of the molecule is Nc1ccc(Cl)cc1S(=O)(=O)N(Cc1ccccc1)c1ccccc1. The van der Waals surface area contributed by atoms with Crippen LogP contribution in [0.25, 0.3) is 0 Å². The van der Waals surface area contributed by atoms with Gasteiger partial charge in [-0.1, -0.05) is 60.1 Å². The van der Waals surface area contributed by atoms with Gasteiger partial charge in [0.05, 0.1) is 17.9 Å². The van der Waals surface area contributed by atoms with Gasteiger partial charge >= 0.3 is 0 Å². The first-order chi connectivity index (χ1) is 12.0. The van der Waals surface area contributed by atoms with Crippen molar-refractivity contribution in [3.63, 3.8) is 0 Å². The number of hydrogen-bond acceptors (Lipinski definition) is 3. The van der Waals surface area contributed by atoms with Crippen LogP contribution in [0.15, 0.2) is 83.8 Å². The van der Waals surface area contributed by atoms with Gasteiger partial charge < -0.3 is 5.73 Å². The molecule has 3 rings (SSSR count). The maximum atomic E-state index is 13.3. The molecule has 128 valence electrons. The number of para-hydroxylation sites is 1. The first-order valence-corrected chi connectivity index (χ1v) is 9.47. The van der Waals surface area contributed by atoms with Crippen LogP contribution in [0.4, 0.5) is 11.4 Å². The van der Waals surface area contributed by atoms with Crippen LogP contribution in [0.3, 0.4) is 0 Å². The average Bonchev–Trinajstić information content (AvgIpc) is 2.63. The van der Waals surface area contributed by atoms with Gasteiger partial charge in [-0.05, 0) is 35.9 Å². The van der Waals surface area contributed by atoms with Crippen molar-refractivity contribution in [2.75, 3.05) is 10.0 Å². The van der Waals surface area contributed by atoms with E-state index in [1.165, 1.54) is 16.4 Å². The van der Waals surface area contributed by atoms with Crippen molar-refractivity contribution in [2.24, 2.45) is 0 Å². The molecule has 0 atom stereocenters. The summed E-state index contributed by atoms with van der Waals surface area (Å²) in [4.78, 5) is -0.000200. The normalized spacial score (nSPS) is 11.2. The van der Waals surface area contributed by atoms with Crippen molar-refractivity contribution in [2.45, 2.75) is 11.4 Å². The van der Waals surface area contributed by atoms with E-state index in [-0.39, 0.29) is 17.1 Å². The summed E-state index contributed by atoms with van der Waals surface area (Å²) < 4.78 is 27.9. The van der Waals surface area contributed by atoms with Gasteiger partial charge in [0.25, 0.3) is 10.0 Å². The van der Waals surface area contributed by atoms with Crippen LogP contribution in [-0.2, 0) is 16.6 Å². The number of rotatable bonds is 5. The van der Waals surface area contributed by atoms with Crippen LogP contribution in [0.2, 0.25) is 5.02 Å². The Morgan fingerprint density at radius 1 is 0.880 bits per heavy atom. The molecule has 0 unspecified atom stereocenters. The molecule has 0 saturated carbocycles. The van der Waals surface area contributed by atoms with Crippen molar-refractivity contribution in [1.82, 2.24) is 0 Å². The standard InChI is InChI=1S/C19H17ClN2O2S/c20-16-11-12-18(21)19(13-16)25(23,24)22(17-9-5-2-6-10-17)14-15-7-3-1-4-8-15/h1-13H,14,21H2. The number of nitrogen functional groups attached to an aromatic ring is 1. The van der Waals surface area contributed by atoms with E-state index in [9.17, 15) is 8.42 Å². The molecular formula is C19H17ClN2O2S. The molecule has 0 spiro atoms. The number of nitrogens with two attached hydrogens (primary N) is 1. The lowest BCUT2D eigenvalue weighted by Gasteiger charge is -2.25. The lowest BCUT2D eigenvalue weighted by Crippen LogP contribution is -2.31. The van der Waals surface area contributed by atoms with Crippen LogP contribution >= 0.6 is 11.6 Å². The quantitative estimate of drug-likeness (QED) is 0.678. The van der Waals surface area contributed by atoms with Gasteiger partial charge in [0.15, 0.2) is 0 Å². The molecule has 0 aliphatic rings. The largest absolute Gasteiger partial charge is 0.398 e. The van der Waals surface area contributed by atoms with Crippen molar-refractivity contribution in [3.8, 4) is 0 Å². The first kappa shape index (κ1) is 17.3. The maximum absolute atomic E-state index is 13.3. The predicted octanol–water partition coefficient (Wildman–Crippen LogP) is 4.32. The van der Waals surface area contributed by atoms with Crippen LogP contribution < -0.4 is 10.0 Å². The van der Waals surface area contributed by atoms with Gasteiger partial charge in [-0.2, -0.15) is 0 Å². The monoisotopic (exact) mass is 372 g/mol. The fraction of sp³-hybridized carbons (Fsp3) is 0.0526. The Bertz CT molecular complexity index is 961. The van der Waals surface area contributed by atoms with Crippen molar-refractivity contribution < 1.29 is 8.42 Å². The second kappa shape index (κ2) is 7.17. The number of halogens is 1. The fourth-order valence-electron chi connectivity index (χ4n) is 2.51. The molecule has 25 heavy (non-hydrogen) atoms. The number of hydrogen-bond donors (Lipinski definition) is 1. The van der Waals surface area contributed by atoms with E-state index in [2.05, 4.69) is 0 Å². The molecule has 0 aliphatic heterocycles. The van der Waals surface area contributed by atoms with E-state index < -0.39 is 10.0 Å². The number of anilines is 2. The Morgan fingerprint density at radius 3 is 2.12 bits per heavy atom. The molecule has 3 aromatic rings. The van der Waals surface area contributed by atoms with E-state index in [0.717, 1.165) is 5.56 Å². The Balaban J connectivity index is 2.12. The van der Waals surface area contributed by atoms with E-state index >= 15 is 0 Å². The molecule has 0 bridgehead atoms. The van der Waals surface area contributed by atoms with Crippen molar-refractivity contribution >= 4 is 33.0 Å². The lowest BCUT2D eigenvalue weighted by molar-refractivity contribution is 0.591. The number of benzene rings is 3. The highest BCUT2D eigenvalue weighted by Crippen LogP contribution is 2.30. The smallest absolute Gasteiger partial charge is 0.266 e. The molecular weight excluding hydrogens is 356 g/mol. The summed E-state index contributed by atoms with van der Waals surface area (Å²) >= 11 is 6.00. The second-order valence-corrected chi connectivity index (χ2v) is 7.78. The number of sulfonamides is 1. The minimum atomic E-state index is -3.88. The summed E-state index contributed by atoms with van der Waals surface area (Å²) in [5.74, 6) is 0. The minimum absolute atomic E-state index is 0.000200. The van der Waals surface area contributed by atoms with Gasteiger partial charge in [0, 0.05) is 5.02 Å². The molecule has 0 aliphatic carbocycles. The molecule has 4 nitrogen and oxygen atoms in total. The Morgan fingerprint density at radius 2 is 1.48 bits per heavy atom. The van der Waals surface area contributed by atoms with Gasteiger partial charge in [-0.3, -0.25) is 4.31 Å². The molecule has 0 radical (unpaired) electrons. The highest BCUT2D eigenvalue weighted by Gasteiger charge is 2.27. The van der Waals surface area contributed by atoms with E-state index in [1.54, 1.807) is 30.3 Å². The van der Waals surface area contributed by atoms with Crippen LogP contribution in [-0.4, -0.2) is 8.42 Å². The van der Waals surface area contributed by atoms with Crippen molar-refractivity contribution in [1.29, 1.82) is 0 Å².